The van der Waals surface area contributed by atoms with Crippen LogP contribution in [0.3, 0.4) is 0 Å². The quantitative estimate of drug-likeness (QED) is 0.477. The van der Waals surface area contributed by atoms with Gasteiger partial charge in [0.2, 0.25) is 5.91 Å². The van der Waals surface area contributed by atoms with Crippen molar-refractivity contribution in [2.24, 2.45) is 0 Å². The second kappa shape index (κ2) is 8.53. The summed E-state index contributed by atoms with van der Waals surface area (Å²) in [4.78, 5) is 23.4. The van der Waals surface area contributed by atoms with E-state index in [-0.39, 0.29) is 18.0 Å². The molecule has 1 amide bonds. The van der Waals surface area contributed by atoms with Gasteiger partial charge in [0.1, 0.15) is 18.9 Å². The van der Waals surface area contributed by atoms with Crippen LogP contribution in [0.25, 0.3) is 10.9 Å². The minimum atomic E-state index is -1.00. The van der Waals surface area contributed by atoms with E-state index in [0.29, 0.717) is 12.3 Å². The van der Waals surface area contributed by atoms with Gasteiger partial charge in [-0.3, -0.25) is 4.79 Å². The Kier molecular flexibility index (Phi) is 5.48. The molecule has 0 aliphatic carbocycles. The van der Waals surface area contributed by atoms with Crippen LogP contribution in [0.5, 0.6) is 5.75 Å². The smallest absolute Gasteiger partial charge is 0.335 e. The minimum absolute atomic E-state index is 0.131. The van der Waals surface area contributed by atoms with Crippen molar-refractivity contribution in [1.82, 2.24) is 4.57 Å². The first-order valence-electron chi connectivity index (χ1n) is 9.48. The number of aromatic carboxylic acids is 1. The highest BCUT2D eigenvalue weighted by Gasteiger charge is 2.11. The summed E-state index contributed by atoms with van der Waals surface area (Å²) in [6.07, 6.45) is 1.85. The monoisotopic (exact) mass is 400 g/mol. The molecule has 0 saturated heterocycles. The van der Waals surface area contributed by atoms with E-state index in [1.54, 1.807) is 12.1 Å². The fourth-order valence-electron chi connectivity index (χ4n) is 3.25. The van der Waals surface area contributed by atoms with Gasteiger partial charge in [-0.15, -0.1) is 0 Å². The van der Waals surface area contributed by atoms with Crippen LogP contribution in [-0.2, 0) is 17.9 Å². The van der Waals surface area contributed by atoms with Crippen molar-refractivity contribution >= 4 is 28.5 Å². The lowest BCUT2D eigenvalue weighted by molar-refractivity contribution is -0.116. The maximum atomic E-state index is 12.5. The summed E-state index contributed by atoms with van der Waals surface area (Å²) in [5.41, 5.74) is 2.71. The highest BCUT2D eigenvalue weighted by atomic mass is 16.5. The predicted molar refractivity (Wildman–Crippen MR) is 115 cm³/mol. The van der Waals surface area contributed by atoms with Crippen molar-refractivity contribution in [1.29, 1.82) is 0 Å². The van der Waals surface area contributed by atoms with Gasteiger partial charge in [-0.25, -0.2) is 4.79 Å². The molecule has 2 N–H and O–H groups in total. The Morgan fingerprint density at radius 2 is 1.67 bits per heavy atom. The molecule has 0 bridgehead atoms. The molecule has 0 atom stereocenters. The summed E-state index contributed by atoms with van der Waals surface area (Å²) in [5.74, 6) is -0.442. The van der Waals surface area contributed by atoms with Gasteiger partial charge in [0.05, 0.1) is 11.1 Å². The average molecular weight is 400 g/mol. The van der Waals surface area contributed by atoms with E-state index in [1.807, 2.05) is 65.4 Å². The number of carbonyl (C=O) groups is 2. The van der Waals surface area contributed by atoms with Crippen molar-refractivity contribution in [2.75, 3.05) is 5.32 Å². The molecular weight excluding hydrogens is 380 g/mol. The molecule has 1 heterocycles. The summed E-state index contributed by atoms with van der Waals surface area (Å²) in [5, 5.41) is 12.7. The van der Waals surface area contributed by atoms with Crippen LogP contribution >= 0.6 is 0 Å². The van der Waals surface area contributed by atoms with E-state index >= 15 is 0 Å². The van der Waals surface area contributed by atoms with E-state index in [4.69, 9.17) is 9.84 Å². The lowest BCUT2D eigenvalue weighted by atomic mass is 10.2. The maximum absolute atomic E-state index is 12.5. The van der Waals surface area contributed by atoms with Gasteiger partial charge >= 0.3 is 5.97 Å². The molecular formula is C24H20N2O4. The lowest BCUT2D eigenvalue weighted by Crippen LogP contribution is -2.18. The highest BCUT2D eigenvalue weighted by molar-refractivity contribution is 5.94. The van der Waals surface area contributed by atoms with E-state index in [1.165, 1.54) is 12.1 Å². The van der Waals surface area contributed by atoms with E-state index in [0.717, 1.165) is 22.2 Å². The van der Waals surface area contributed by atoms with Crippen LogP contribution in [0.1, 0.15) is 15.9 Å². The van der Waals surface area contributed by atoms with Crippen molar-refractivity contribution in [3.8, 4) is 5.75 Å². The first-order valence-corrected chi connectivity index (χ1v) is 9.48. The Hall–Kier alpha value is -4.06. The Morgan fingerprint density at radius 1 is 0.900 bits per heavy atom. The molecule has 0 spiro atoms. The van der Waals surface area contributed by atoms with Crippen LogP contribution in [-0.4, -0.2) is 21.6 Å². The van der Waals surface area contributed by atoms with E-state index < -0.39 is 5.97 Å². The zero-order chi connectivity index (χ0) is 20.9. The number of nitrogens with one attached hydrogen (secondary N) is 1. The number of carboxylic acid groups (broad SMARTS) is 1. The zero-order valence-electron chi connectivity index (χ0n) is 16.1. The molecule has 3 aromatic carbocycles. The number of benzene rings is 3. The Labute approximate surface area is 173 Å². The van der Waals surface area contributed by atoms with Gasteiger partial charge in [0.15, 0.2) is 0 Å². The normalized spacial score (nSPS) is 10.7. The van der Waals surface area contributed by atoms with Gasteiger partial charge in [0.25, 0.3) is 0 Å². The van der Waals surface area contributed by atoms with Gasteiger partial charge in [-0.05, 0) is 48.0 Å². The van der Waals surface area contributed by atoms with E-state index in [9.17, 15) is 9.59 Å². The molecule has 0 fully saturated rings. The molecule has 0 radical (unpaired) electrons. The third-order valence-electron chi connectivity index (χ3n) is 4.74. The number of anilines is 1. The number of nitrogens with zero attached hydrogens (tertiary/aromatic N) is 1. The molecule has 0 unspecified atom stereocenters. The van der Waals surface area contributed by atoms with Crippen LogP contribution in [0.15, 0.2) is 85.1 Å². The summed E-state index contributed by atoms with van der Waals surface area (Å²) in [6.45, 7) is 0.601. The third kappa shape index (κ3) is 4.33. The first kappa shape index (κ1) is 19.3. The highest BCUT2D eigenvalue weighted by Crippen LogP contribution is 2.27. The number of carbonyl (C=O) groups excluding carboxylic acids is 1. The molecule has 0 saturated carbocycles. The Balaban J connectivity index is 1.45. The maximum Gasteiger partial charge on any atom is 0.335 e. The molecule has 4 aromatic rings. The van der Waals surface area contributed by atoms with Crippen LogP contribution in [0, 0.1) is 0 Å². The number of aromatic nitrogens is 1. The zero-order valence-corrected chi connectivity index (χ0v) is 16.1. The topological polar surface area (TPSA) is 80.6 Å². The molecule has 6 nitrogen and oxygen atoms in total. The third-order valence-corrected chi connectivity index (χ3v) is 4.74. The molecule has 30 heavy (non-hydrogen) atoms. The number of hydrogen-bond acceptors (Lipinski definition) is 3. The fourth-order valence-corrected chi connectivity index (χ4v) is 3.25. The van der Waals surface area contributed by atoms with E-state index in [2.05, 4.69) is 5.32 Å². The average Bonchev–Trinajstić information content (AvgIpc) is 3.16. The predicted octanol–water partition coefficient (Wildman–Crippen LogP) is 4.56. The van der Waals surface area contributed by atoms with Crippen molar-refractivity contribution in [3.63, 3.8) is 0 Å². The second-order valence-electron chi connectivity index (χ2n) is 6.84. The largest absolute Gasteiger partial charge is 0.488 e. The van der Waals surface area contributed by atoms with Gasteiger partial charge in [-0.2, -0.15) is 0 Å². The molecule has 0 aliphatic rings. The van der Waals surface area contributed by atoms with Crippen LogP contribution in [0.4, 0.5) is 5.69 Å². The van der Waals surface area contributed by atoms with Gasteiger partial charge in [-0.1, -0.05) is 36.4 Å². The Morgan fingerprint density at radius 3 is 2.40 bits per heavy atom. The minimum Gasteiger partial charge on any atom is -0.488 e. The lowest BCUT2D eigenvalue weighted by Gasteiger charge is -2.10. The number of amides is 1. The van der Waals surface area contributed by atoms with Crippen molar-refractivity contribution in [2.45, 2.75) is 13.2 Å². The SMILES string of the molecule is O=C(Cn1ccc2c(OCc3ccccc3)cccc21)Nc1ccc(C(=O)O)cc1. The van der Waals surface area contributed by atoms with Gasteiger partial charge in [0, 0.05) is 17.3 Å². The number of rotatable bonds is 7. The summed E-state index contributed by atoms with van der Waals surface area (Å²) < 4.78 is 7.84. The van der Waals surface area contributed by atoms with Crippen LogP contribution in [0.2, 0.25) is 0 Å². The number of ether oxygens (including phenoxy) is 1. The second-order valence-corrected chi connectivity index (χ2v) is 6.84. The summed E-state index contributed by atoms with van der Waals surface area (Å²) in [7, 11) is 0. The number of fused-ring (bicyclic) bond motifs is 1. The molecule has 6 heteroatoms. The molecule has 4 rings (SSSR count). The Bertz CT molecular complexity index is 1180. The number of carboxylic acids is 1. The number of hydrogen-bond donors (Lipinski definition) is 2. The molecule has 0 aliphatic heterocycles. The van der Waals surface area contributed by atoms with Crippen molar-refractivity contribution in [3.05, 3.63) is 96.2 Å². The first-order chi connectivity index (χ1) is 14.6. The standard InChI is InChI=1S/C24H20N2O4/c27-23(25-19-11-9-18(10-12-19)24(28)29)15-26-14-13-20-21(26)7-4-8-22(20)30-16-17-5-2-1-3-6-17/h1-14H,15-16H2,(H,25,27)(H,28,29). The van der Waals surface area contributed by atoms with Crippen molar-refractivity contribution < 1.29 is 19.4 Å². The fraction of sp³-hybridized carbons (Fsp3) is 0.0833. The summed E-state index contributed by atoms with van der Waals surface area (Å²) >= 11 is 0. The molecule has 150 valence electrons. The summed E-state index contributed by atoms with van der Waals surface area (Å²) in [6, 6.07) is 23.7. The van der Waals surface area contributed by atoms with Crippen LogP contribution < -0.4 is 10.1 Å². The van der Waals surface area contributed by atoms with Gasteiger partial charge < -0.3 is 19.7 Å². The molecule has 1 aromatic heterocycles.